The molecule has 16 heteroatoms. The molecule has 0 spiro atoms. The standard InChI is InChI=1S/C32H34ClF5N4O6/c1-31(2,3)48-25(44)14-17-10-12-41(13-11-17)24(43)16-23-28-39-40-29(32(36,37)38)42(28)21-9-8-18(33)15-20(21)26(46-23)19-6-5-7-22(27(19)45-4)47-30(34)35/h5-9,15,17,23,26,30H,10-14,16H2,1-4H3/t23-,26-/m1/s1. The summed E-state index contributed by atoms with van der Waals surface area (Å²) < 4.78 is 92.2. The van der Waals surface area contributed by atoms with Crippen LogP contribution in [0.2, 0.25) is 5.02 Å². The van der Waals surface area contributed by atoms with Crippen molar-refractivity contribution in [2.45, 2.75) is 77.1 Å². The number of carbonyl (C=O) groups is 2. The number of methoxy groups -OCH3 is 1. The average molecular weight is 701 g/mol. The second kappa shape index (κ2) is 13.9. The summed E-state index contributed by atoms with van der Waals surface area (Å²) in [6, 6.07) is 8.22. The lowest BCUT2D eigenvalue weighted by Gasteiger charge is -2.33. The van der Waals surface area contributed by atoms with Gasteiger partial charge in [-0.15, -0.1) is 10.2 Å². The Morgan fingerprint density at radius 1 is 1.04 bits per heavy atom. The van der Waals surface area contributed by atoms with Gasteiger partial charge in [0.05, 0.1) is 19.2 Å². The molecule has 48 heavy (non-hydrogen) atoms. The number of fused-ring (bicyclic) bond motifs is 3. The fraction of sp³-hybridized carbons (Fsp3) is 0.500. The van der Waals surface area contributed by atoms with Gasteiger partial charge < -0.3 is 23.8 Å². The van der Waals surface area contributed by atoms with Gasteiger partial charge >= 0.3 is 18.8 Å². The molecule has 0 unspecified atom stereocenters. The topological polar surface area (TPSA) is 105 Å². The van der Waals surface area contributed by atoms with Gasteiger partial charge in [0, 0.05) is 35.7 Å². The third-order valence-corrected chi connectivity index (χ3v) is 8.19. The van der Waals surface area contributed by atoms with E-state index in [0.29, 0.717) is 25.9 Å². The van der Waals surface area contributed by atoms with Gasteiger partial charge in [0.1, 0.15) is 17.8 Å². The molecule has 2 atom stereocenters. The van der Waals surface area contributed by atoms with Crippen molar-refractivity contribution in [3.63, 3.8) is 0 Å². The molecule has 1 aromatic heterocycles. The van der Waals surface area contributed by atoms with E-state index in [1.807, 2.05) is 0 Å². The molecule has 260 valence electrons. The summed E-state index contributed by atoms with van der Waals surface area (Å²) in [7, 11) is 1.22. The first kappa shape index (κ1) is 35.3. The highest BCUT2D eigenvalue weighted by Gasteiger charge is 2.44. The summed E-state index contributed by atoms with van der Waals surface area (Å²) in [6.45, 7) is 2.75. The Labute approximate surface area is 278 Å². The number of amides is 1. The van der Waals surface area contributed by atoms with E-state index in [-0.39, 0.29) is 57.5 Å². The molecule has 2 aliphatic rings. The Balaban J connectivity index is 1.50. The maximum absolute atomic E-state index is 14.3. The van der Waals surface area contributed by atoms with Crippen molar-refractivity contribution in [1.82, 2.24) is 19.7 Å². The molecular formula is C32H34ClF5N4O6. The second-order valence-corrected chi connectivity index (χ2v) is 12.9. The van der Waals surface area contributed by atoms with Gasteiger partial charge in [-0.25, -0.2) is 0 Å². The Hall–Kier alpha value is -3.98. The van der Waals surface area contributed by atoms with E-state index in [2.05, 4.69) is 14.9 Å². The predicted octanol–water partition coefficient (Wildman–Crippen LogP) is 7.07. The van der Waals surface area contributed by atoms with E-state index < -0.39 is 48.7 Å². The molecule has 1 fully saturated rings. The van der Waals surface area contributed by atoms with Crippen LogP contribution in [-0.4, -0.2) is 64.0 Å². The maximum Gasteiger partial charge on any atom is 0.452 e. The van der Waals surface area contributed by atoms with Gasteiger partial charge in [0.15, 0.2) is 17.3 Å². The van der Waals surface area contributed by atoms with E-state index >= 15 is 0 Å². The number of esters is 1. The fourth-order valence-corrected chi connectivity index (χ4v) is 6.16. The van der Waals surface area contributed by atoms with Gasteiger partial charge in [0.2, 0.25) is 11.7 Å². The van der Waals surface area contributed by atoms with Crippen molar-refractivity contribution in [1.29, 1.82) is 0 Å². The number of hydrogen-bond acceptors (Lipinski definition) is 8. The third kappa shape index (κ3) is 7.83. The highest BCUT2D eigenvalue weighted by molar-refractivity contribution is 6.30. The second-order valence-electron chi connectivity index (χ2n) is 12.5. The normalized spacial score (nSPS) is 18.6. The van der Waals surface area contributed by atoms with Crippen molar-refractivity contribution in [3.8, 4) is 17.2 Å². The number of piperidine rings is 1. The lowest BCUT2D eigenvalue weighted by atomic mass is 9.93. The monoisotopic (exact) mass is 700 g/mol. The Kier molecular flexibility index (Phi) is 10.2. The van der Waals surface area contributed by atoms with E-state index in [0.717, 1.165) is 4.57 Å². The van der Waals surface area contributed by atoms with Crippen LogP contribution in [0, 0.1) is 5.92 Å². The smallest absolute Gasteiger partial charge is 0.452 e. The lowest BCUT2D eigenvalue weighted by Crippen LogP contribution is -2.40. The van der Waals surface area contributed by atoms with E-state index in [9.17, 15) is 31.5 Å². The van der Waals surface area contributed by atoms with Crippen molar-refractivity contribution >= 4 is 23.5 Å². The summed E-state index contributed by atoms with van der Waals surface area (Å²) in [5, 5.41) is 7.41. The highest BCUT2D eigenvalue weighted by atomic mass is 35.5. The van der Waals surface area contributed by atoms with E-state index in [1.54, 1.807) is 25.7 Å². The van der Waals surface area contributed by atoms with Crippen molar-refractivity contribution < 1.29 is 50.5 Å². The summed E-state index contributed by atoms with van der Waals surface area (Å²) in [4.78, 5) is 27.6. The Morgan fingerprint density at radius 3 is 2.38 bits per heavy atom. The van der Waals surface area contributed by atoms with Crippen LogP contribution < -0.4 is 9.47 Å². The maximum atomic E-state index is 14.3. The average Bonchev–Trinajstić information content (AvgIpc) is 3.39. The van der Waals surface area contributed by atoms with Crippen molar-refractivity contribution in [2.24, 2.45) is 5.92 Å². The van der Waals surface area contributed by atoms with Crippen LogP contribution in [0.1, 0.15) is 81.4 Å². The molecule has 0 bridgehead atoms. The van der Waals surface area contributed by atoms with Gasteiger partial charge in [-0.05, 0) is 63.8 Å². The van der Waals surface area contributed by atoms with E-state index in [1.165, 1.54) is 43.5 Å². The van der Waals surface area contributed by atoms with Crippen LogP contribution in [-0.2, 0) is 25.2 Å². The van der Waals surface area contributed by atoms with Gasteiger partial charge in [-0.3, -0.25) is 14.2 Å². The lowest BCUT2D eigenvalue weighted by molar-refractivity contribution is -0.156. The summed E-state index contributed by atoms with van der Waals surface area (Å²) in [5.74, 6) is -2.90. The molecule has 5 rings (SSSR count). The summed E-state index contributed by atoms with van der Waals surface area (Å²) >= 11 is 6.32. The number of benzene rings is 2. The van der Waals surface area contributed by atoms with Gasteiger partial charge in [-0.1, -0.05) is 23.7 Å². The highest BCUT2D eigenvalue weighted by Crippen LogP contribution is 2.47. The molecule has 1 saturated heterocycles. The van der Waals surface area contributed by atoms with Crippen LogP contribution in [0.25, 0.3) is 5.69 Å². The number of alkyl halides is 5. The van der Waals surface area contributed by atoms with Crippen molar-refractivity contribution in [2.75, 3.05) is 20.2 Å². The molecule has 2 aliphatic heterocycles. The fourth-order valence-electron chi connectivity index (χ4n) is 5.98. The molecule has 3 aromatic rings. The minimum atomic E-state index is -4.95. The predicted molar refractivity (Wildman–Crippen MR) is 161 cm³/mol. The van der Waals surface area contributed by atoms with Gasteiger partial charge in [-0.2, -0.15) is 22.0 Å². The van der Waals surface area contributed by atoms with Gasteiger partial charge in [0.25, 0.3) is 0 Å². The number of nitrogens with zero attached hydrogens (tertiary/aromatic N) is 4. The molecule has 2 aromatic carbocycles. The first-order chi connectivity index (χ1) is 22.6. The molecule has 10 nitrogen and oxygen atoms in total. The Morgan fingerprint density at radius 2 is 1.75 bits per heavy atom. The third-order valence-electron chi connectivity index (χ3n) is 7.96. The molecular weight excluding hydrogens is 667 g/mol. The van der Waals surface area contributed by atoms with Crippen LogP contribution >= 0.6 is 11.6 Å². The zero-order valence-corrected chi connectivity index (χ0v) is 27.3. The summed E-state index contributed by atoms with van der Waals surface area (Å²) in [6.07, 6.45) is -6.81. The molecule has 0 N–H and O–H groups in total. The molecule has 0 aliphatic carbocycles. The quantitative estimate of drug-likeness (QED) is 0.182. The number of aromatic nitrogens is 3. The summed E-state index contributed by atoms with van der Waals surface area (Å²) in [5.41, 5.74) is -0.425. The van der Waals surface area contributed by atoms with Crippen LogP contribution in [0.3, 0.4) is 0 Å². The van der Waals surface area contributed by atoms with Crippen LogP contribution in [0.4, 0.5) is 22.0 Å². The zero-order valence-electron chi connectivity index (χ0n) is 26.5. The minimum absolute atomic E-state index is 0.00528. The molecule has 0 saturated carbocycles. The number of ether oxygens (including phenoxy) is 4. The first-order valence-corrected chi connectivity index (χ1v) is 15.5. The molecule has 0 radical (unpaired) electrons. The SMILES string of the molecule is COc1c(OC(F)F)cccc1[C@H]1O[C@H](CC(=O)N2CCC(CC(=O)OC(C)(C)C)CC2)c2nnc(C(F)(F)F)n2-c2ccc(Cl)cc21. The number of hydrogen-bond donors (Lipinski definition) is 0. The number of likely N-dealkylation sites (tertiary alicyclic amines) is 1. The number of halogens is 6. The largest absolute Gasteiger partial charge is 0.492 e. The first-order valence-electron chi connectivity index (χ1n) is 15.1. The number of para-hydroxylation sites is 1. The number of carbonyl (C=O) groups excluding carboxylic acids is 2. The van der Waals surface area contributed by atoms with Crippen LogP contribution in [0.15, 0.2) is 36.4 Å². The van der Waals surface area contributed by atoms with E-state index in [4.69, 9.17) is 25.8 Å². The van der Waals surface area contributed by atoms with Crippen molar-refractivity contribution in [3.05, 3.63) is 64.2 Å². The zero-order chi connectivity index (χ0) is 35.0. The number of rotatable bonds is 8. The Bertz CT molecular complexity index is 1650. The molecule has 1 amide bonds. The molecule has 3 heterocycles. The minimum Gasteiger partial charge on any atom is -0.492 e. The van der Waals surface area contributed by atoms with Crippen LogP contribution in [0.5, 0.6) is 11.5 Å².